The minimum absolute atomic E-state index is 0.0288. The first-order valence-electron chi connectivity index (χ1n) is 5.94. The second-order valence-corrected chi connectivity index (χ2v) is 5.44. The number of nitro groups is 1. The minimum Gasteiger partial charge on any atom is -0.508 e. The molecule has 0 aliphatic carbocycles. The minimum atomic E-state index is -0.471. The van der Waals surface area contributed by atoms with Gasteiger partial charge in [-0.3, -0.25) is 10.1 Å². The van der Waals surface area contributed by atoms with E-state index in [2.05, 4.69) is 4.98 Å². The van der Waals surface area contributed by atoms with Crippen molar-refractivity contribution in [2.75, 3.05) is 0 Å². The fourth-order valence-electron chi connectivity index (χ4n) is 1.99. The highest BCUT2D eigenvalue weighted by atomic mass is 32.1. The number of phenols is 1. The van der Waals surface area contributed by atoms with Gasteiger partial charge in [-0.15, -0.1) is 11.3 Å². The number of para-hydroxylation sites is 1. The van der Waals surface area contributed by atoms with Gasteiger partial charge in [0.25, 0.3) is 5.69 Å². The number of fused-ring (bicyclic) bond motifs is 1. The second kappa shape index (κ2) is 4.90. The first-order chi connectivity index (χ1) is 9.63. The highest BCUT2D eigenvalue weighted by molar-refractivity contribution is 7.18. The third-order valence-electron chi connectivity index (χ3n) is 2.95. The van der Waals surface area contributed by atoms with Gasteiger partial charge in [-0.1, -0.05) is 12.1 Å². The summed E-state index contributed by atoms with van der Waals surface area (Å²) in [4.78, 5) is 14.8. The Morgan fingerprint density at radius 3 is 2.80 bits per heavy atom. The molecule has 3 aromatic rings. The van der Waals surface area contributed by atoms with Gasteiger partial charge < -0.3 is 5.11 Å². The van der Waals surface area contributed by atoms with E-state index >= 15 is 0 Å². The number of hydrogen-bond donors (Lipinski definition) is 1. The summed E-state index contributed by atoms with van der Waals surface area (Å²) in [6.07, 6.45) is 0.382. The molecular formula is C14H10N2O3S. The predicted octanol–water partition coefficient (Wildman–Crippen LogP) is 3.50. The second-order valence-electron chi connectivity index (χ2n) is 4.32. The Morgan fingerprint density at radius 2 is 2.05 bits per heavy atom. The zero-order chi connectivity index (χ0) is 14.1. The molecule has 100 valence electrons. The highest BCUT2D eigenvalue weighted by Gasteiger charge is 2.12. The van der Waals surface area contributed by atoms with Gasteiger partial charge in [-0.2, -0.15) is 0 Å². The highest BCUT2D eigenvalue weighted by Crippen LogP contribution is 2.28. The van der Waals surface area contributed by atoms with Crippen molar-refractivity contribution in [2.45, 2.75) is 6.42 Å². The summed E-state index contributed by atoms with van der Waals surface area (Å²) in [7, 11) is 0. The number of rotatable bonds is 3. The van der Waals surface area contributed by atoms with Gasteiger partial charge in [-0.05, 0) is 18.2 Å². The molecule has 5 nitrogen and oxygen atoms in total. The number of nitro benzene ring substituents is 1. The zero-order valence-electron chi connectivity index (χ0n) is 10.3. The lowest BCUT2D eigenvalue weighted by Crippen LogP contribution is -1.92. The molecule has 6 heteroatoms. The van der Waals surface area contributed by atoms with Gasteiger partial charge in [0.2, 0.25) is 0 Å². The van der Waals surface area contributed by atoms with Crippen LogP contribution < -0.4 is 0 Å². The van der Waals surface area contributed by atoms with Gasteiger partial charge >= 0.3 is 0 Å². The van der Waals surface area contributed by atoms with Gasteiger partial charge in [0, 0.05) is 24.1 Å². The molecule has 1 aromatic heterocycles. The molecule has 0 spiro atoms. The van der Waals surface area contributed by atoms with E-state index in [1.807, 2.05) is 24.3 Å². The molecule has 0 fully saturated rings. The standard InChI is InChI=1S/C14H10N2O3S/c17-12-6-5-10(16(18)19)7-9(12)8-14-15-11-3-1-2-4-13(11)20-14/h1-7,17H,8H2. The smallest absolute Gasteiger partial charge is 0.269 e. The predicted molar refractivity (Wildman–Crippen MR) is 77.2 cm³/mol. The molecule has 0 aliphatic heterocycles. The Bertz CT molecular complexity index is 765. The van der Waals surface area contributed by atoms with E-state index in [9.17, 15) is 15.2 Å². The van der Waals surface area contributed by atoms with Gasteiger partial charge in [0.05, 0.1) is 20.1 Å². The molecule has 0 saturated carbocycles. The fraction of sp³-hybridized carbons (Fsp3) is 0.0714. The lowest BCUT2D eigenvalue weighted by molar-refractivity contribution is -0.384. The monoisotopic (exact) mass is 286 g/mol. The molecule has 0 unspecified atom stereocenters. The number of benzene rings is 2. The van der Waals surface area contributed by atoms with Crippen LogP contribution in [0.5, 0.6) is 5.75 Å². The lowest BCUT2D eigenvalue weighted by atomic mass is 10.1. The summed E-state index contributed by atoms with van der Waals surface area (Å²) in [5, 5.41) is 21.4. The molecule has 1 N–H and O–H groups in total. The van der Waals surface area contributed by atoms with E-state index < -0.39 is 4.92 Å². The summed E-state index contributed by atoms with van der Waals surface area (Å²) >= 11 is 1.52. The maximum Gasteiger partial charge on any atom is 0.269 e. The van der Waals surface area contributed by atoms with Crippen LogP contribution in [0.4, 0.5) is 5.69 Å². The summed E-state index contributed by atoms with van der Waals surface area (Å²) < 4.78 is 1.06. The molecule has 0 saturated heterocycles. The van der Waals surface area contributed by atoms with E-state index in [1.165, 1.54) is 29.5 Å². The molecule has 0 aliphatic rings. The largest absolute Gasteiger partial charge is 0.508 e. The number of nitrogens with zero attached hydrogens (tertiary/aromatic N) is 2. The Kier molecular flexibility index (Phi) is 3.08. The average Bonchev–Trinajstić information content (AvgIpc) is 2.83. The van der Waals surface area contributed by atoms with E-state index in [1.54, 1.807) is 0 Å². The Hall–Kier alpha value is -2.47. The van der Waals surface area contributed by atoms with Gasteiger partial charge in [-0.25, -0.2) is 4.98 Å². The van der Waals surface area contributed by atoms with Crippen LogP contribution in [-0.2, 0) is 6.42 Å². The van der Waals surface area contributed by atoms with Crippen molar-refractivity contribution in [3.05, 3.63) is 63.1 Å². The van der Waals surface area contributed by atoms with Crippen LogP contribution in [0.3, 0.4) is 0 Å². The number of thiazole rings is 1. The van der Waals surface area contributed by atoms with Crippen LogP contribution in [0.25, 0.3) is 10.2 Å². The molecule has 1 heterocycles. The van der Waals surface area contributed by atoms with Crippen LogP contribution in [0, 0.1) is 10.1 Å². The third-order valence-corrected chi connectivity index (χ3v) is 3.99. The maximum atomic E-state index is 10.8. The number of aromatic hydroxyl groups is 1. The lowest BCUT2D eigenvalue weighted by Gasteiger charge is -2.01. The molecule has 0 bridgehead atoms. The Morgan fingerprint density at radius 1 is 1.25 bits per heavy atom. The number of aromatic nitrogens is 1. The normalized spacial score (nSPS) is 10.8. The third kappa shape index (κ3) is 2.33. The van der Waals surface area contributed by atoms with Crippen LogP contribution in [0.2, 0.25) is 0 Å². The van der Waals surface area contributed by atoms with E-state index in [-0.39, 0.29) is 11.4 Å². The van der Waals surface area contributed by atoms with Crippen molar-refractivity contribution in [3.63, 3.8) is 0 Å². The van der Waals surface area contributed by atoms with E-state index in [0.717, 1.165) is 15.2 Å². The number of phenolic OH excluding ortho intramolecular Hbond substituents is 1. The first-order valence-corrected chi connectivity index (χ1v) is 6.76. The van der Waals surface area contributed by atoms with Crippen molar-refractivity contribution in [2.24, 2.45) is 0 Å². The Balaban J connectivity index is 1.97. The molecule has 3 rings (SSSR count). The molecule has 0 atom stereocenters. The van der Waals surface area contributed by atoms with Crippen molar-refractivity contribution in [1.29, 1.82) is 0 Å². The fourth-order valence-corrected chi connectivity index (χ4v) is 2.98. The summed E-state index contributed by atoms with van der Waals surface area (Å²) in [6, 6.07) is 11.8. The van der Waals surface area contributed by atoms with Gasteiger partial charge in [0.15, 0.2) is 0 Å². The first kappa shape index (κ1) is 12.6. The van der Waals surface area contributed by atoms with Crippen LogP contribution >= 0.6 is 11.3 Å². The summed E-state index contributed by atoms with van der Waals surface area (Å²) in [5.41, 5.74) is 1.38. The summed E-state index contributed by atoms with van der Waals surface area (Å²) in [5.74, 6) is 0.0508. The Labute approximate surface area is 118 Å². The van der Waals surface area contributed by atoms with Gasteiger partial charge in [0.1, 0.15) is 5.75 Å². The van der Waals surface area contributed by atoms with E-state index in [0.29, 0.717) is 12.0 Å². The van der Waals surface area contributed by atoms with Crippen molar-refractivity contribution >= 4 is 27.2 Å². The van der Waals surface area contributed by atoms with Crippen molar-refractivity contribution in [1.82, 2.24) is 4.98 Å². The maximum absolute atomic E-state index is 10.8. The number of hydrogen-bond acceptors (Lipinski definition) is 5. The van der Waals surface area contributed by atoms with Crippen LogP contribution in [-0.4, -0.2) is 15.0 Å². The SMILES string of the molecule is O=[N+]([O-])c1ccc(O)c(Cc2nc3ccccc3s2)c1. The van der Waals surface area contributed by atoms with Crippen LogP contribution in [0.15, 0.2) is 42.5 Å². The molecular weight excluding hydrogens is 276 g/mol. The van der Waals surface area contributed by atoms with Crippen molar-refractivity contribution in [3.8, 4) is 5.75 Å². The van der Waals surface area contributed by atoms with E-state index in [4.69, 9.17) is 0 Å². The van der Waals surface area contributed by atoms with Crippen LogP contribution in [0.1, 0.15) is 10.6 Å². The zero-order valence-corrected chi connectivity index (χ0v) is 11.1. The molecule has 0 radical (unpaired) electrons. The quantitative estimate of drug-likeness (QED) is 0.590. The molecule has 20 heavy (non-hydrogen) atoms. The summed E-state index contributed by atoms with van der Waals surface area (Å²) in [6.45, 7) is 0. The average molecular weight is 286 g/mol. The topological polar surface area (TPSA) is 76.3 Å². The molecule has 0 amide bonds. The van der Waals surface area contributed by atoms with Crippen molar-refractivity contribution < 1.29 is 10.0 Å². The molecule has 2 aromatic carbocycles. The number of non-ortho nitro benzene ring substituents is 1.